The zero-order valence-electron chi connectivity index (χ0n) is 24.1. The number of methoxy groups -OCH3 is 1. The molecule has 0 unspecified atom stereocenters. The summed E-state index contributed by atoms with van der Waals surface area (Å²) in [7, 11) is 5.77. The molecule has 2 fully saturated rings. The van der Waals surface area contributed by atoms with E-state index in [0.29, 0.717) is 24.9 Å². The quantitative estimate of drug-likeness (QED) is 0.397. The van der Waals surface area contributed by atoms with E-state index in [9.17, 15) is 9.90 Å². The molecule has 6 heteroatoms. The fourth-order valence-corrected chi connectivity index (χ4v) is 7.05. The minimum Gasteiger partial charge on any atom is -0.497 e. The molecule has 1 amide bonds. The number of nitrogens with zero attached hydrogens (tertiary/aromatic N) is 1. The normalized spacial score (nSPS) is 28.0. The van der Waals surface area contributed by atoms with Gasteiger partial charge in [0.2, 0.25) is 5.91 Å². The van der Waals surface area contributed by atoms with Crippen LogP contribution in [0.1, 0.15) is 70.4 Å². The zero-order chi connectivity index (χ0) is 27.6. The lowest BCUT2D eigenvalue weighted by Crippen LogP contribution is -2.51. The molecule has 4 atom stereocenters. The fraction of sp³-hybridized carbons (Fsp3) is 0.594. The number of fused-ring (bicyclic) bond motifs is 1. The number of carbonyl (C=O) groups is 1. The second-order valence-corrected chi connectivity index (χ2v) is 12.8. The van der Waals surface area contributed by atoms with Gasteiger partial charge in [-0.2, -0.15) is 0 Å². The standard InChI is InChI=1S/C32H47N3O3/c1-30(2)20-28(33-21-23-7-11-25(12-8-23)35(4)5)32(18-17-31(3,37)19-27(30)32)16-15-29(36)34-22-24-9-13-26(38-6)14-10-24/h7-14,27-28,33,37H,15-22H2,1-6H3,(H,34,36)/t27-,28-,31-,32-/m0/s1. The van der Waals surface area contributed by atoms with E-state index in [0.717, 1.165) is 50.0 Å². The van der Waals surface area contributed by atoms with E-state index in [2.05, 4.69) is 67.7 Å². The lowest BCUT2D eigenvalue weighted by Gasteiger charge is -2.51. The van der Waals surface area contributed by atoms with Crippen LogP contribution in [-0.2, 0) is 17.9 Å². The molecule has 2 aliphatic carbocycles. The maximum absolute atomic E-state index is 13.0. The maximum Gasteiger partial charge on any atom is 0.220 e. The second-order valence-electron chi connectivity index (χ2n) is 12.8. The third-order valence-electron chi connectivity index (χ3n) is 9.31. The van der Waals surface area contributed by atoms with Gasteiger partial charge in [0.25, 0.3) is 0 Å². The first-order valence-corrected chi connectivity index (χ1v) is 14.1. The summed E-state index contributed by atoms with van der Waals surface area (Å²) in [5.74, 6) is 1.27. The van der Waals surface area contributed by atoms with Gasteiger partial charge in [0.15, 0.2) is 0 Å². The number of ether oxygens (including phenoxy) is 1. The average Bonchev–Trinajstić information content (AvgIpc) is 3.10. The van der Waals surface area contributed by atoms with Crippen LogP contribution < -0.4 is 20.3 Å². The highest BCUT2D eigenvalue weighted by atomic mass is 16.5. The minimum atomic E-state index is -0.640. The van der Waals surface area contributed by atoms with Crippen LogP contribution in [0.5, 0.6) is 5.75 Å². The van der Waals surface area contributed by atoms with Gasteiger partial charge in [0.1, 0.15) is 5.75 Å². The molecule has 2 aromatic rings. The van der Waals surface area contributed by atoms with E-state index in [1.807, 2.05) is 31.2 Å². The molecule has 2 saturated carbocycles. The van der Waals surface area contributed by atoms with Gasteiger partial charge < -0.3 is 25.4 Å². The molecular weight excluding hydrogens is 474 g/mol. The van der Waals surface area contributed by atoms with Crippen molar-refractivity contribution in [3.05, 3.63) is 59.7 Å². The van der Waals surface area contributed by atoms with Crippen LogP contribution in [0, 0.1) is 16.7 Å². The van der Waals surface area contributed by atoms with Crippen LogP contribution in [0.15, 0.2) is 48.5 Å². The molecule has 0 aliphatic heterocycles. The summed E-state index contributed by atoms with van der Waals surface area (Å²) in [6.45, 7) is 8.02. The van der Waals surface area contributed by atoms with Gasteiger partial charge in [-0.05, 0) is 91.2 Å². The van der Waals surface area contributed by atoms with Crippen molar-refractivity contribution in [3.8, 4) is 5.75 Å². The number of hydrogen-bond acceptors (Lipinski definition) is 5. The molecule has 2 aromatic carbocycles. The van der Waals surface area contributed by atoms with Gasteiger partial charge >= 0.3 is 0 Å². The van der Waals surface area contributed by atoms with Crippen LogP contribution >= 0.6 is 0 Å². The van der Waals surface area contributed by atoms with Gasteiger partial charge in [-0.1, -0.05) is 38.1 Å². The molecule has 38 heavy (non-hydrogen) atoms. The Labute approximate surface area is 229 Å². The molecule has 208 valence electrons. The summed E-state index contributed by atoms with van der Waals surface area (Å²) in [6, 6.07) is 16.9. The lowest BCUT2D eigenvalue weighted by atomic mass is 9.57. The Balaban J connectivity index is 1.45. The number of hydrogen-bond donors (Lipinski definition) is 3. The Morgan fingerprint density at radius 3 is 2.24 bits per heavy atom. The summed E-state index contributed by atoms with van der Waals surface area (Å²) in [6.07, 6.45) is 4.91. The second kappa shape index (κ2) is 11.3. The number of carbonyl (C=O) groups excluding carboxylic acids is 1. The lowest BCUT2D eigenvalue weighted by molar-refractivity contribution is -0.123. The molecule has 0 saturated heterocycles. The summed E-state index contributed by atoms with van der Waals surface area (Å²) in [5.41, 5.74) is 2.97. The number of amides is 1. The monoisotopic (exact) mass is 521 g/mol. The Morgan fingerprint density at radius 2 is 1.61 bits per heavy atom. The van der Waals surface area contributed by atoms with Gasteiger partial charge in [-0.3, -0.25) is 4.79 Å². The molecule has 2 aliphatic rings. The summed E-state index contributed by atoms with van der Waals surface area (Å²) in [4.78, 5) is 15.1. The number of anilines is 1. The zero-order valence-corrected chi connectivity index (χ0v) is 24.1. The molecule has 0 aromatic heterocycles. The summed E-state index contributed by atoms with van der Waals surface area (Å²) < 4.78 is 5.23. The highest BCUT2D eigenvalue weighted by Crippen LogP contribution is 2.63. The molecule has 3 N–H and O–H groups in total. The molecule has 0 bridgehead atoms. The van der Waals surface area contributed by atoms with E-state index in [-0.39, 0.29) is 16.7 Å². The first kappa shape index (κ1) is 28.4. The topological polar surface area (TPSA) is 73.8 Å². The van der Waals surface area contributed by atoms with Crippen LogP contribution in [0.2, 0.25) is 0 Å². The first-order chi connectivity index (χ1) is 17.9. The van der Waals surface area contributed by atoms with Gasteiger partial charge in [0.05, 0.1) is 12.7 Å². The molecular formula is C32H47N3O3. The van der Waals surface area contributed by atoms with Crippen molar-refractivity contribution < 1.29 is 14.6 Å². The van der Waals surface area contributed by atoms with Crippen LogP contribution in [0.25, 0.3) is 0 Å². The van der Waals surface area contributed by atoms with Crippen LogP contribution in [-0.4, -0.2) is 43.9 Å². The van der Waals surface area contributed by atoms with E-state index < -0.39 is 5.60 Å². The van der Waals surface area contributed by atoms with Crippen LogP contribution in [0.4, 0.5) is 5.69 Å². The van der Waals surface area contributed by atoms with Crippen molar-refractivity contribution in [2.45, 2.75) is 84.0 Å². The molecule has 4 rings (SSSR count). The maximum atomic E-state index is 13.0. The molecule has 6 nitrogen and oxygen atoms in total. The van der Waals surface area contributed by atoms with Gasteiger partial charge in [-0.25, -0.2) is 0 Å². The summed E-state index contributed by atoms with van der Waals surface area (Å²) >= 11 is 0. The highest BCUT2D eigenvalue weighted by Gasteiger charge is 2.61. The van der Waals surface area contributed by atoms with E-state index >= 15 is 0 Å². The van der Waals surface area contributed by atoms with Crippen molar-refractivity contribution in [1.82, 2.24) is 10.6 Å². The van der Waals surface area contributed by atoms with Crippen molar-refractivity contribution in [2.75, 3.05) is 26.1 Å². The third-order valence-corrected chi connectivity index (χ3v) is 9.31. The number of nitrogens with one attached hydrogen (secondary N) is 2. The van der Waals surface area contributed by atoms with Crippen molar-refractivity contribution in [1.29, 1.82) is 0 Å². The average molecular weight is 522 g/mol. The number of aliphatic hydroxyl groups is 1. The minimum absolute atomic E-state index is 0.00717. The smallest absolute Gasteiger partial charge is 0.220 e. The third kappa shape index (κ3) is 6.35. The molecule has 0 radical (unpaired) electrons. The van der Waals surface area contributed by atoms with E-state index in [4.69, 9.17) is 4.74 Å². The number of benzene rings is 2. The Morgan fingerprint density at radius 1 is 0.974 bits per heavy atom. The van der Waals surface area contributed by atoms with Crippen molar-refractivity contribution in [3.63, 3.8) is 0 Å². The predicted molar refractivity (Wildman–Crippen MR) is 154 cm³/mol. The predicted octanol–water partition coefficient (Wildman–Crippen LogP) is 5.28. The molecule has 0 spiro atoms. The Bertz CT molecular complexity index is 1080. The Hall–Kier alpha value is -2.57. The SMILES string of the molecule is COc1ccc(CNC(=O)CC[C@]23CC[C@](C)(O)C[C@H]2C(C)(C)C[C@@H]3NCc2ccc(N(C)C)cc2)cc1. The van der Waals surface area contributed by atoms with Gasteiger partial charge in [0, 0.05) is 45.3 Å². The highest BCUT2D eigenvalue weighted by molar-refractivity contribution is 5.76. The first-order valence-electron chi connectivity index (χ1n) is 14.1. The molecule has 0 heterocycles. The van der Waals surface area contributed by atoms with Crippen molar-refractivity contribution >= 4 is 11.6 Å². The van der Waals surface area contributed by atoms with E-state index in [1.165, 1.54) is 11.3 Å². The fourth-order valence-electron chi connectivity index (χ4n) is 7.05. The van der Waals surface area contributed by atoms with Gasteiger partial charge in [-0.15, -0.1) is 0 Å². The van der Waals surface area contributed by atoms with Crippen LogP contribution in [0.3, 0.4) is 0 Å². The Kier molecular flexibility index (Phi) is 8.43. The summed E-state index contributed by atoms with van der Waals surface area (Å²) in [5, 5.41) is 18.1. The largest absolute Gasteiger partial charge is 0.497 e. The number of rotatable bonds is 10. The van der Waals surface area contributed by atoms with E-state index in [1.54, 1.807) is 7.11 Å². The van der Waals surface area contributed by atoms with Crippen molar-refractivity contribution in [2.24, 2.45) is 16.7 Å².